The summed E-state index contributed by atoms with van der Waals surface area (Å²) in [4.78, 5) is 58.0. The van der Waals surface area contributed by atoms with Crippen LogP contribution in [0.15, 0.2) is 292 Å². The van der Waals surface area contributed by atoms with Crippen molar-refractivity contribution in [3.8, 4) is 89.5 Å². The fourth-order valence-corrected chi connectivity index (χ4v) is 22.7. The molecule has 16 heteroatoms. The number of aromatic nitrogens is 16. The summed E-state index contributed by atoms with van der Waals surface area (Å²) < 4.78 is 9.11. The van der Waals surface area contributed by atoms with Crippen molar-refractivity contribution in [2.45, 2.75) is 51.4 Å². The minimum absolute atomic E-state index is 0.852. The highest BCUT2D eigenvalue weighted by molar-refractivity contribution is 6.16. The van der Waals surface area contributed by atoms with Crippen LogP contribution in [0.2, 0.25) is 0 Å². The number of nitrogens with zero attached hydrogens (tertiary/aromatic N) is 16. The maximum atomic E-state index is 5.16. The number of benzene rings is 8. The van der Waals surface area contributed by atoms with Gasteiger partial charge in [0.1, 0.15) is 45.0 Å². The average molecular weight is 1590 g/mol. The van der Waals surface area contributed by atoms with Gasteiger partial charge in [-0.05, 0) is 221 Å². The van der Waals surface area contributed by atoms with E-state index in [1.165, 1.54) is 156 Å². The molecule has 0 aliphatic heterocycles. The van der Waals surface area contributed by atoms with Gasteiger partial charge >= 0.3 is 0 Å². The van der Waals surface area contributed by atoms with Crippen molar-refractivity contribution >= 4 is 110 Å². The molecule has 16 heterocycles. The predicted molar refractivity (Wildman–Crippen MR) is 489 cm³/mol. The standard InChI is InChI=1S/4C27H16N4/c1-2-6-18-15(5-1)13-16-9-10-17-14-21-25(23(17)22(16)18)31-26-19(7-4-12-29-26)24-20(27(31)30-21)8-3-11-28-24;1-2-6-18-15(5-1)13-16-9-10-17-14-21-25(23(17)22(16)18)31-26-20(8-4-12-29-26)19-7-3-11-28-24(19)27(31)30-21;1-2-5-18-15(4-1)12-16-7-8-17-13-22-25(24(17)23(16)18)31-26-20(6-3-10-29-26)19-9-11-28-14-21(19)27(31)30-22;1-2-5-18-15(4-1)12-16-7-8-17-13-22-25(24(17)23(16)18)31-26-19(6-3-10-29-26)21-14-28-11-9-20(21)27(31)30-22/h2*1-12H,13-14H2;2*1-11,14H,12-13H2. The first-order valence-corrected chi connectivity index (χ1v) is 42.6. The number of fused-ring (bicyclic) bond motifs is 56. The largest absolute Gasteiger partial charge is 0.275 e. The van der Waals surface area contributed by atoms with Crippen LogP contribution in [0, 0.1) is 0 Å². The van der Waals surface area contributed by atoms with Gasteiger partial charge in [-0.3, -0.25) is 37.5 Å². The molecule has 16 aromatic heterocycles. The van der Waals surface area contributed by atoms with Crippen LogP contribution in [-0.4, -0.2) is 77.4 Å². The number of imidazole rings is 4. The highest BCUT2D eigenvalue weighted by Crippen LogP contribution is 2.56. The van der Waals surface area contributed by atoms with E-state index in [1.807, 2.05) is 98.4 Å². The Hall–Kier alpha value is -16.2. The van der Waals surface area contributed by atoms with Gasteiger partial charge < -0.3 is 0 Å². The molecule has 0 fully saturated rings. The lowest BCUT2D eigenvalue weighted by Gasteiger charge is -2.13. The summed E-state index contributed by atoms with van der Waals surface area (Å²) >= 11 is 0. The zero-order valence-electron chi connectivity index (χ0n) is 66.5. The minimum Gasteiger partial charge on any atom is -0.275 e. The van der Waals surface area contributed by atoms with Crippen LogP contribution in [0.5, 0.6) is 0 Å². The Balaban J connectivity index is 0.0000000828. The van der Waals surface area contributed by atoms with Crippen LogP contribution in [0.4, 0.5) is 0 Å². The molecule has 32 rings (SSSR count). The van der Waals surface area contributed by atoms with Crippen LogP contribution in [-0.2, 0) is 51.4 Å². The van der Waals surface area contributed by atoms with E-state index in [0.29, 0.717) is 0 Å². The van der Waals surface area contributed by atoms with E-state index in [9.17, 15) is 0 Å². The molecule has 0 amide bonds. The molecular formula is C108H64N16. The molecule has 8 aliphatic rings. The lowest BCUT2D eigenvalue weighted by Crippen LogP contribution is -1.98. The first kappa shape index (κ1) is 66.7. The fourth-order valence-electron chi connectivity index (χ4n) is 22.7. The smallest absolute Gasteiger partial charge is 0.165 e. The molecule has 0 N–H and O–H groups in total. The first-order valence-electron chi connectivity index (χ1n) is 42.6. The number of hydrogen-bond donors (Lipinski definition) is 0. The minimum atomic E-state index is 0.852. The van der Waals surface area contributed by atoms with Crippen molar-refractivity contribution in [2.24, 2.45) is 0 Å². The Morgan fingerprint density at radius 2 is 0.460 bits per heavy atom. The molecule has 16 nitrogen and oxygen atoms in total. The van der Waals surface area contributed by atoms with Crippen LogP contribution in [0.25, 0.3) is 200 Å². The van der Waals surface area contributed by atoms with Crippen LogP contribution < -0.4 is 0 Å². The Labute approximate surface area is 706 Å². The second-order valence-electron chi connectivity index (χ2n) is 34.0. The molecule has 124 heavy (non-hydrogen) atoms. The summed E-state index contributed by atoms with van der Waals surface area (Å²) in [6.45, 7) is 0. The van der Waals surface area contributed by atoms with Gasteiger partial charge in [-0.15, -0.1) is 0 Å². The molecule has 576 valence electrons. The fraction of sp³-hybridized carbons (Fsp3) is 0.0741. The van der Waals surface area contributed by atoms with E-state index in [0.717, 1.165) is 184 Å². The zero-order chi connectivity index (χ0) is 80.4. The maximum absolute atomic E-state index is 5.16. The molecule has 0 atom stereocenters. The SMILES string of the molecule is c1ccc2c(c1)Cc1ccc3c(c1-2)-c1c(nc2c4cccnc4c4cccnc4n12)C3.c1ccc2c(c1)Cc1ccc3c(c1-2)-c1c(nc2c4ccncc4c4cccnc4n12)C3.c1ccc2c(c1)Cc1ccc3c(c1-2)-c1c(nc2c4cnccc4c4cccnc4n12)C3.c1ccc2c(c1)Cc1ccc3c(c1-2)-c1c(nc2c4ncccc4c4cccnc4n12)C3. The van der Waals surface area contributed by atoms with Gasteiger partial charge in [0.25, 0.3) is 0 Å². The highest BCUT2D eigenvalue weighted by Gasteiger charge is 2.39. The van der Waals surface area contributed by atoms with Gasteiger partial charge in [-0.2, -0.15) is 0 Å². The third kappa shape index (κ3) is 8.98. The summed E-state index contributed by atoms with van der Waals surface area (Å²) in [6, 6.07) is 82.5. The first-order chi connectivity index (χ1) is 61.5. The molecule has 24 aromatic rings. The predicted octanol–water partition coefficient (Wildman–Crippen LogP) is 22.3. The zero-order valence-corrected chi connectivity index (χ0v) is 66.5. The van der Waals surface area contributed by atoms with Crippen molar-refractivity contribution in [2.75, 3.05) is 0 Å². The average Bonchev–Trinajstić information content (AvgIpc) is 1.55. The molecule has 8 aliphatic carbocycles. The second-order valence-corrected chi connectivity index (χ2v) is 34.0. The monoisotopic (exact) mass is 1580 g/mol. The Morgan fingerprint density at radius 1 is 0.177 bits per heavy atom. The summed E-state index contributed by atoms with van der Waals surface area (Å²) in [5.41, 5.74) is 51.8. The third-order valence-electron chi connectivity index (χ3n) is 27.7. The van der Waals surface area contributed by atoms with Crippen molar-refractivity contribution < 1.29 is 0 Å². The highest BCUT2D eigenvalue weighted by atomic mass is 15.1. The second kappa shape index (κ2) is 24.7. The van der Waals surface area contributed by atoms with E-state index in [4.69, 9.17) is 44.9 Å². The van der Waals surface area contributed by atoms with E-state index >= 15 is 0 Å². The van der Waals surface area contributed by atoms with Crippen molar-refractivity contribution in [3.05, 3.63) is 382 Å². The normalized spacial score (nSPS) is 13.5. The van der Waals surface area contributed by atoms with Crippen molar-refractivity contribution in [1.82, 2.24) is 77.4 Å². The summed E-state index contributed by atoms with van der Waals surface area (Å²) in [5.74, 6) is 0. The van der Waals surface area contributed by atoms with Gasteiger partial charge in [-0.1, -0.05) is 152 Å². The van der Waals surface area contributed by atoms with Crippen LogP contribution in [0.1, 0.15) is 89.5 Å². The summed E-state index contributed by atoms with van der Waals surface area (Å²) in [6.07, 6.45) is 26.2. The summed E-state index contributed by atoms with van der Waals surface area (Å²) in [7, 11) is 0. The van der Waals surface area contributed by atoms with E-state index < -0.39 is 0 Å². The van der Waals surface area contributed by atoms with Gasteiger partial charge in [-0.25, -0.2) is 39.9 Å². The van der Waals surface area contributed by atoms with Gasteiger partial charge in [0.15, 0.2) is 5.65 Å². The molecule has 0 unspecified atom stereocenters. The molecule has 0 spiro atoms. The van der Waals surface area contributed by atoms with Crippen molar-refractivity contribution in [1.29, 1.82) is 0 Å². The van der Waals surface area contributed by atoms with E-state index in [2.05, 4.69) is 227 Å². The lowest BCUT2D eigenvalue weighted by atomic mass is 9.96. The Kier molecular flexibility index (Phi) is 13.3. The van der Waals surface area contributed by atoms with Gasteiger partial charge in [0, 0.05) is 158 Å². The lowest BCUT2D eigenvalue weighted by molar-refractivity contribution is 1.16. The molecule has 0 radical (unpaired) electrons. The number of hydrogen-bond acceptors (Lipinski definition) is 12. The third-order valence-corrected chi connectivity index (χ3v) is 27.7. The summed E-state index contributed by atoms with van der Waals surface area (Å²) in [5, 5.41) is 11.0. The van der Waals surface area contributed by atoms with Gasteiger partial charge in [0.05, 0.1) is 51.1 Å². The number of pyridine rings is 12. The Morgan fingerprint density at radius 3 is 0.879 bits per heavy atom. The van der Waals surface area contributed by atoms with E-state index in [1.54, 1.807) is 0 Å². The molecule has 0 saturated heterocycles. The molecular weight excluding hydrogens is 1520 g/mol. The van der Waals surface area contributed by atoms with Crippen molar-refractivity contribution in [3.63, 3.8) is 0 Å². The Bertz CT molecular complexity index is 8010. The van der Waals surface area contributed by atoms with E-state index in [-0.39, 0.29) is 0 Å². The van der Waals surface area contributed by atoms with Gasteiger partial charge in [0.2, 0.25) is 0 Å². The number of rotatable bonds is 0. The maximum Gasteiger partial charge on any atom is 0.165 e. The molecule has 0 bridgehead atoms. The molecule has 0 saturated carbocycles. The van der Waals surface area contributed by atoms with Crippen LogP contribution in [0.3, 0.4) is 0 Å². The van der Waals surface area contributed by atoms with Crippen LogP contribution >= 0.6 is 0 Å². The topological polar surface area (TPSA) is 172 Å². The molecule has 8 aromatic carbocycles. The quantitative estimate of drug-likeness (QED) is 0.132.